The lowest BCUT2D eigenvalue weighted by molar-refractivity contribution is -0.870. The third-order valence-electron chi connectivity index (χ3n) is 2.02. The van der Waals surface area contributed by atoms with Crippen LogP contribution in [0.25, 0.3) is 0 Å². The van der Waals surface area contributed by atoms with Crippen LogP contribution in [0, 0.1) is 0 Å². The molecule has 0 aliphatic rings. The Balaban J connectivity index is 0. The van der Waals surface area contributed by atoms with Gasteiger partial charge in [-0.1, -0.05) is 0 Å². The van der Waals surface area contributed by atoms with E-state index in [1.54, 1.807) is 0 Å². The van der Waals surface area contributed by atoms with Crippen molar-refractivity contribution in [1.29, 1.82) is 0 Å². The van der Waals surface area contributed by atoms with Crippen molar-refractivity contribution in [2.24, 2.45) is 0 Å². The first-order chi connectivity index (χ1) is 6.45. The number of unbranched alkanes of at least 4 members (excludes halogenated alkanes) is 2. The monoisotopic (exact) mass is 281 g/mol. The summed E-state index contributed by atoms with van der Waals surface area (Å²) in [5.74, 6) is -0.0576. The third-order valence-corrected chi connectivity index (χ3v) is 2.02. The van der Waals surface area contributed by atoms with Gasteiger partial charge in [0, 0.05) is 6.42 Å². The molecule has 0 aromatic carbocycles. The summed E-state index contributed by atoms with van der Waals surface area (Å²) in [7, 11) is 6.56. The lowest BCUT2D eigenvalue weighted by atomic mass is 10.2. The molecule has 0 aliphatic heterocycles. The van der Waals surface area contributed by atoms with Crippen LogP contribution >= 0.6 is 0 Å². The minimum Gasteiger partial charge on any atom is -1.00 e. The van der Waals surface area contributed by atoms with Gasteiger partial charge in [0.05, 0.1) is 34.3 Å². The second-order valence-electron chi connectivity index (χ2n) is 4.63. The lowest BCUT2D eigenvalue weighted by Gasteiger charge is -2.23. The maximum Gasteiger partial charge on any atom is 0.305 e. The number of ether oxygens (including phenoxy) is 1. The molecule has 0 spiro atoms. The van der Waals surface area contributed by atoms with Crippen LogP contribution in [0.4, 0.5) is 0 Å². The van der Waals surface area contributed by atoms with E-state index in [0.717, 1.165) is 17.3 Å². The number of carbonyl (C=O) groups excluding carboxylic acids is 1. The predicted octanol–water partition coefficient (Wildman–Crippen LogP) is -1.18. The van der Waals surface area contributed by atoms with Gasteiger partial charge in [0.1, 0.15) is 0 Å². The molecule has 0 atom stereocenters. The molecule has 0 aromatic rings. The summed E-state index contributed by atoms with van der Waals surface area (Å²) in [4.78, 5) is 11.0. The van der Waals surface area contributed by atoms with E-state index in [0.29, 0.717) is 13.0 Å². The van der Waals surface area contributed by atoms with E-state index in [2.05, 4.69) is 21.1 Å². The first kappa shape index (κ1) is 17.3. The summed E-state index contributed by atoms with van der Waals surface area (Å²) in [6, 6.07) is 0. The highest BCUT2D eigenvalue weighted by Gasteiger charge is 2.06. The fourth-order valence-electron chi connectivity index (χ4n) is 1.27. The standard InChI is InChI=1S/C11H24NO2.BrH/c1-5-14-11(13)9-7-6-8-10-12(2,3)4;/h5-10H2,1-4H3;1H/q+1;/p-1. The van der Waals surface area contributed by atoms with E-state index in [1.807, 2.05) is 6.92 Å². The average molecular weight is 282 g/mol. The number of hydrogen-bond donors (Lipinski definition) is 0. The van der Waals surface area contributed by atoms with Crippen molar-refractivity contribution in [3.05, 3.63) is 0 Å². The molecule has 15 heavy (non-hydrogen) atoms. The zero-order chi connectivity index (χ0) is 11.0. The third kappa shape index (κ3) is 13.9. The Labute approximate surface area is 104 Å². The number of esters is 1. The van der Waals surface area contributed by atoms with Gasteiger partial charge in [-0.15, -0.1) is 0 Å². The van der Waals surface area contributed by atoms with Crippen LogP contribution in [0.5, 0.6) is 0 Å². The zero-order valence-electron chi connectivity index (χ0n) is 10.4. The number of hydrogen-bond acceptors (Lipinski definition) is 2. The van der Waals surface area contributed by atoms with Crippen LogP contribution in [-0.4, -0.2) is 44.7 Å². The van der Waals surface area contributed by atoms with Crippen molar-refractivity contribution in [3.63, 3.8) is 0 Å². The fourth-order valence-corrected chi connectivity index (χ4v) is 1.27. The molecule has 0 amide bonds. The molecule has 4 heteroatoms. The fraction of sp³-hybridized carbons (Fsp3) is 0.909. The molecular weight excluding hydrogens is 258 g/mol. The molecule has 92 valence electrons. The average Bonchev–Trinajstić information content (AvgIpc) is 2.02. The molecule has 0 fully saturated rings. The van der Waals surface area contributed by atoms with Crippen molar-refractivity contribution in [3.8, 4) is 0 Å². The molecule has 0 saturated carbocycles. The SMILES string of the molecule is CCOC(=O)CCCCC[N+](C)(C)C.[Br-]. The molecule has 0 unspecified atom stereocenters. The molecule has 0 radical (unpaired) electrons. The molecule has 0 aromatic heterocycles. The van der Waals surface area contributed by atoms with Crippen LogP contribution in [0.2, 0.25) is 0 Å². The molecule has 3 nitrogen and oxygen atoms in total. The molecule has 0 rings (SSSR count). The van der Waals surface area contributed by atoms with Gasteiger partial charge in [0.15, 0.2) is 0 Å². The molecule has 0 N–H and O–H groups in total. The number of nitrogens with zero attached hydrogens (tertiary/aromatic N) is 1. The van der Waals surface area contributed by atoms with Crippen LogP contribution in [0.3, 0.4) is 0 Å². The number of rotatable bonds is 7. The topological polar surface area (TPSA) is 26.3 Å². The van der Waals surface area contributed by atoms with E-state index < -0.39 is 0 Å². The molecule has 0 aliphatic carbocycles. The summed E-state index contributed by atoms with van der Waals surface area (Å²) >= 11 is 0. The van der Waals surface area contributed by atoms with E-state index in [4.69, 9.17) is 4.74 Å². The van der Waals surface area contributed by atoms with Gasteiger partial charge >= 0.3 is 5.97 Å². The van der Waals surface area contributed by atoms with Gasteiger partial charge in [0.2, 0.25) is 0 Å². The minimum atomic E-state index is -0.0576. The minimum absolute atomic E-state index is 0. The quantitative estimate of drug-likeness (QED) is 0.334. The Morgan fingerprint density at radius 1 is 1.13 bits per heavy atom. The Morgan fingerprint density at radius 3 is 2.20 bits per heavy atom. The van der Waals surface area contributed by atoms with Gasteiger partial charge in [-0.05, 0) is 26.2 Å². The number of carbonyl (C=O) groups is 1. The summed E-state index contributed by atoms with van der Waals surface area (Å²) in [6.07, 6.45) is 3.83. The Bertz CT molecular complexity index is 166. The zero-order valence-corrected chi connectivity index (χ0v) is 12.0. The largest absolute Gasteiger partial charge is 1.00 e. The smallest absolute Gasteiger partial charge is 0.305 e. The lowest BCUT2D eigenvalue weighted by Crippen LogP contribution is -3.00. The summed E-state index contributed by atoms with van der Waals surface area (Å²) < 4.78 is 5.85. The van der Waals surface area contributed by atoms with Gasteiger partial charge < -0.3 is 26.2 Å². The molecular formula is C11H24BrNO2. The second kappa shape index (κ2) is 9.16. The van der Waals surface area contributed by atoms with Gasteiger partial charge in [0.25, 0.3) is 0 Å². The van der Waals surface area contributed by atoms with E-state index in [9.17, 15) is 4.79 Å². The van der Waals surface area contributed by atoms with E-state index in [1.165, 1.54) is 13.0 Å². The normalized spacial score (nSPS) is 10.7. The van der Waals surface area contributed by atoms with Gasteiger partial charge in [-0.2, -0.15) is 0 Å². The highest BCUT2D eigenvalue weighted by molar-refractivity contribution is 5.69. The summed E-state index contributed by atoms with van der Waals surface area (Å²) in [5, 5.41) is 0. The summed E-state index contributed by atoms with van der Waals surface area (Å²) in [6.45, 7) is 3.51. The number of quaternary nitrogens is 1. The van der Waals surface area contributed by atoms with Crippen molar-refractivity contribution in [2.75, 3.05) is 34.3 Å². The van der Waals surface area contributed by atoms with Crippen molar-refractivity contribution >= 4 is 5.97 Å². The Hall–Kier alpha value is -0.0900. The Morgan fingerprint density at radius 2 is 1.73 bits per heavy atom. The first-order valence-electron chi connectivity index (χ1n) is 5.42. The number of halogens is 1. The van der Waals surface area contributed by atoms with Crippen LogP contribution in [-0.2, 0) is 9.53 Å². The predicted molar refractivity (Wildman–Crippen MR) is 58.0 cm³/mol. The van der Waals surface area contributed by atoms with Crippen LogP contribution < -0.4 is 17.0 Å². The van der Waals surface area contributed by atoms with Crippen LogP contribution in [0.1, 0.15) is 32.6 Å². The van der Waals surface area contributed by atoms with E-state index >= 15 is 0 Å². The Kier molecular flexibility index (Phi) is 10.6. The maximum absolute atomic E-state index is 11.0. The molecule has 0 saturated heterocycles. The van der Waals surface area contributed by atoms with Gasteiger partial charge in [-0.3, -0.25) is 4.79 Å². The van der Waals surface area contributed by atoms with Crippen LogP contribution in [0.15, 0.2) is 0 Å². The van der Waals surface area contributed by atoms with Crippen molar-refractivity contribution in [1.82, 2.24) is 0 Å². The molecule has 0 heterocycles. The first-order valence-corrected chi connectivity index (χ1v) is 5.42. The van der Waals surface area contributed by atoms with Crippen molar-refractivity contribution < 1.29 is 31.0 Å². The second-order valence-corrected chi connectivity index (χ2v) is 4.63. The van der Waals surface area contributed by atoms with E-state index in [-0.39, 0.29) is 23.0 Å². The van der Waals surface area contributed by atoms with Crippen molar-refractivity contribution in [2.45, 2.75) is 32.6 Å². The summed E-state index contributed by atoms with van der Waals surface area (Å²) in [5.41, 5.74) is 0. The molecule has 0 bridgehead atoms. The highest BCUT2D eigenvalue weighted by Crippen LogP contribution is 2.04. The van der Waals surface area contributed by atoms with Gasteiger partial charge in [-0.25, -0.2) is 0 Å². The maximum atomic E-state index is 11.0. The highest BCUT2D eigenvalue weighted by atomic mass is 79.9.